The molecule has 1 atom stereocenters. The Hall–Kier alpha value is -2.93. The van der Waals surface area contributed by atoms with Gasteiger partial charge in [0.1, 0.15) is 17.1 Å². The lowest BCUT2D eigenvalue weighted by molar-refractivity contribution is -0.119. The summed E-state index contributed by atoms with van der Waals surface area (Å²) in [6, 6.07) is 16.5. The van der Waals surface area contributed by atoms with Gasteiger partial charge in [-0.2, -0.15) is 0 Å². The Balaban J connectivity index is 1.41. The predicted octanol–water partition coefficient (Wildman–Crippen LogP) is 3.99. The highest BCUT2D eigenvalue weighted by molar-refractivity contribution is 8.00. The molecule has 2 aromatic carbocycles. The van der Waals surface area contributed by atoms with E-state index in [0.717, 1.165) is 16.7 Å². The van der Waals surface area contributed by atoms with Crippen LogP contribution < -0.4 is 15.4 Å². The molecule has 0 aliphatic rings. The Kier molecular flexibility index (Phi) is 6.60. The summed E-state index contributed by atoms with van der Waals surface area (Å²) in [5.74, 6) is 1.52. The van der Waals surface area contributed by atoms with Crippen LogP contribution in [0, 0.1) is 0 Å². The summed E-state index contributed by atoms with van der Waals surface area (Å²) in [5, 5.41) is 6.68. The zero-order valence-electron chi connectivity index (χ0n) is 15.7. The summed E-state index contributed by atoms with van der Waals surface area (Å²) in [7, 11) is 1.59. The first-order chi connectivity index (χ1) is 13.5. The number of rotatable bonds is 8. The molecule has 2 N–H and O–H groups in total. The van der Waals surface area contributed by atoms with Crippen molar-refractivity contribution in [3.05, 3.63) is 60.4 Å². The molecule has 0 saturated heterocycles. The maximum atomic E-state index is 12.1. The van der Waals surface area contributed by atoms with Crippen LogP contribution >= 0.6 is 11.8 Å². The molecule has 0 bridgehead atoms. The number of ether oxygens (including phenoxy) is 1. The molecule has 146 valence electrons. The maximum Gasteiger partial charge on any atom is 0.234 e. The van der Waals surface area contributed by atoms with Crippen LogP contribution in [0.15, 0.2) is 59.0 Å². The Morgan fingerprint density at radius 3 is 2.50 bits per heavy atom. The van der Waals surface area contributed by atoms with Crippen molar-refractivity contribution in [2.75, 3.05) is 23.9 Å². The highest BCUT2D eigenvalue weighted by Gasteiger charge is 2.14. The number of hydrogen-bond donors (Lipinski definition) is 2. The molecule has 1 heterocycles. The highest BCUT2D eigenvalue weighted by Crippen LogP contribution is 2.23. The Morgan fingerprint density at radius 2 is 1.79 bits per heavy atom. The van der Waals surface area contributed by atoms with E-state index in [-0.39, 0.29) is 29.4 Å². The van der Waals surface area contributed by atoms with E-state index in [2.05, 4.69) is 10.6 Å². The summed E-state index contributed by atoms with van der Waals surface area (Å²) in [6.45, 7) is 1.87. The molecule has 1 unspecified atom stereocenters. The minimum absolute atomic E-state index is 0.143. The van der Waals surface area contributed by atoms with Gasteiger partial charge in [-0.05, 0) is 43.3 Å². The number of benzene rings is 2. The third-order valence-electron chi connectivity index (χ3n) is 4.09. The lowest BCUT2D eigenvalue weighted by Gasteiger charge is -2.11. The fourth-order valence-corrected chi connectivity index (χ4v) is 3.31. The number of para-hydroxylation sites is 1. The third kappa shape index (κ3) is 5.29. The molecule has 3 rings (SSSR count). The average Bonchev–Trinajstić information content (AvgIpc) is 3.13. The van der Waals surface area contributed by atoms with Crippen LogP contribution in [0.3, 0.4) is 0 Å². The number of hydrogen-bond acceptors (Lipinski definition) is 5. The van der Waals surface area contributed by atoms with Crippen molar-refractivity contribution in [1.29, 1.82) is 0 Å². The molecule has 2 amide bonds. The second kappa shape index (κ2) is 9.32. The predicted molar refractivity (Wildman–Crippen MR) is 112 cm³/mol. The van der Waals surface area contributed by atoms with Crippen LogP contribution in [0.2, 0.25) is 0 Å². The number of carbonyl (C=O) groups excluding carboxylic acids is 2. The van der Waals surface area contributed by atoms with E-state index >= 15 is 0 Å². The van der Waals surface area contributed by atoms with Crippen LogP contribution in [0.5, 0.6) is 5.75 Å². The molecular weight excluding hydrogens is 376 g/mol. The van der Waals surface area contributed by atoms with Gasteiger partial charge in [-0.3, -0.25) is 9.59 Å². The second-order valence-corrected chi connectivity index (χ2v) is 7.23. The highest BCUT2D eigenvalue weighted by atomic mass is 32.2. The normalized spacial score (nSPS) is 11.8. The molecule has 0 radical (unpaired) electrons. The van der Waals surface area contributed by atoms with Crippen molar-refractivity contribution in [3.8, 4) is 5.75 Å². The summed E-state index contributed by atoms with van der Waals surface area (Å²) in [4.78, 5) is 24.1. The third-order valence-corrected chi connectivity index (χ3v) is 5.02. The van der Waals surface area contributed by atoms with E-state index in [9.17, 15) is 9.59 Å². The van der Waals surface area contributed by atoms with E-state index in [1.165, 1.54) is 11.8 Å². The average molecular weight is 398 g/mol. The number of furan rings is 1. The summed E-state index contributed by atoms with van der Waals surface area (Å²) >= 11 is 1.26. The number of nitrogens with one attached hydrogen (secondary N) is 2. The van der Waals surface area contributed by atoms with Gasteiger partial charge in [0.2, 0.25) is 11.8 Å². The largest absolute Gasteiger partial charge is 0.497 e. The SMILES string of the molecule is COc1ccc(NC(=O)CSCC(=O)NC(C)c2cc3ccccc3o2)cc1. The Bertz CT molecular complexity index is 919. The first-order valence-corrected chi connectivity index (χ1v) is 10.00. The van der Waals surface area contributed by atoms with Crippen molar-refractivity contribution in [3.63, 3.8) is 0 Å². The molecule has 7 heteroatoms. The number of amides is 2. The minimum Gasteiger partial charge on any atom is -0.497 e. The van der Waals surface area contributed by atoms with Crippen LogP contribution in [0.1, 0.15) is 18.7 Å². The number of thioether (sulfide) groups is 1. The zero-order chi connectivity index (χ0) is 19.9. The van der Waals surface area contributed by atoms with Crippen LogP contribution in [-0.4, -0.2) is 30.4 Å². The summed E-state index contributed by atoms with van der Waals surface area (Å²) < 4.78 is 10.8. The van der Waals surface area contributed by atoms with E-state index in [1.54, 1.807) is 31.4 Å². The van der Waals surface area contributed by atoms with Crippen molar-refractivity contribution < 1.29 is 18.7 Å². The van der Waals surface area contributed by atoms with Gasteiger partial charge in [-0.25, -0.2) is 0 Å². The summed E-state index contributed by atoms with van der Waals surface area (Å²) in [5.41, 5.74) is 1.48. The van der Waals surface area contributed by atoms with E-state index in [0.29, 0.717) is 11.4 Å². The van der Waals surface area contributed by atoms with Gasteiger partial charge in [0.15, 0.2) is 0 Å². The molecular formula is C21H22N2O4S. The quantitative estimate of drug-likeness (QED) is 0.600. The second-order valence-electron chi connectivity index (χ2n) is 6.25. The standard InChI is InChI=1S/C21H22N2O4S/c1-14(19-11-15-5-3-4-6-18(15)27-19)22-20(24)12-28-13-21(25)23-16-7-9-17(26-2)10-8-16/h3-11,14H,12-13H2,1-2H3,(H,22,24)(H,23,25). The van der Waals surface area contributed by atoms with Crippen LogP contribution in [-0.2, 0) is 9.59 Å². The van der Waals surface area contributed by atoms with Gasteiger partial charge in [0, 0.05) is 11.1 Å². The fourth-order valence-electron chi connectivity index (χ4n) is 2.68. The lowest BCUT2D eigenvalue weighted by atomic mass is 10.2. The van der Waals surface area contributed by atoms with Gasteiger partial charge in [0.25, 0.3) is 0 Å². The Morgan fingerprint density at radius 1 is 1.07 bits per heavy atom. The molecule has 3 aromatic rings. The Labute approximate surface area is 167 Å². The number of carbonyl (C=O) groups is 2. The molecule has 1 aromatic heterocycles. The smallest absolute Gasteiger partial charge is 0.234 e. The monoisotopic (exact) mass is 398 g/mol. The van der Waals surface area contributed by atoms with E-state index in [4.69, 9.17) is 9.15 Å². The van der Waals surface area contributed by atoms with E-state index in [1.807, 2.05) is 37.3 Å². The fraction of sp³-hybridized carbons (Fsp3) is 0.238. The summed E-state index contributed by atoms with van der Waals surface area (Å²) in [6.07, 6.45) is 0. The molecule has 0 aliphatic heterocycles. The zero-order valence-corrected chi connectivity index (χ0v) is 16.5. The topological polar surface area (TPSA) is 80.6 Å². The van der Waals surface area contributed by atoms with Gasteiger partial charge in [-0.15, -0.1) is 11.8 Å². The molecule has 0 aliphatic carbocycles. The van der Waals surface area contributed by atoms with Gasteiger partial charge in [0.05, 0.1) is 24.7 Å². The van der Waals surface area contributed by atoms with Crippen molar-refractivity contribution >= 4 is 40.2 Å². The first-order valence-electron chi connectivity index (χ1n) is 8.84. The lowest BCUT2D eigenvalue weighted by Crippen LogP contribution is -2.28. The van der Waals surface area contributed by atoms with Gasteiger partial charge < -0.3 is 19.8 Å². The van der Waals surface area contributed by atoms with Gasteiger partial charge in [-0.1, -0.05) is 18.2 Å². The molecule has 28 heavy (non-hydrogen) atoms. The van der Waals surface area contributed by atoms with Crippen molar-refractivity contribution in [2.45, 2.75) is 13.0 Å². The van der Waals surface area contributed by atoms with Crippen LogP contribution in [0.4, 0.5) is 5.69 Å². The molecule has 0 spiro atoms. The minimum atomic E-state index is -0.242. The van der Waals surface area contributed by atoms with E-state index < -0.39 is 0 Å². The number of anilines is 1. The maximum absolute atomic E-state index is 12.1. The number of fused-ring (bicyclic) bond motifs is 1. The van der Waals surface area contributed by atoms with Gasteiger partial charge >= 0.3 is 0 Å². The van der Waals surface area contributed by atoms with Crippen molar-refractivity contribution in [2.24, 2.45) is 0 Å². The molecule has 0 saturated carbocycles. The van der Waals surface area contributed by atoms with Crippen LogP contribution in [0.25, 0.3) is 11.0 Å². The molecule has 6 nitrogen and oxygen atoms in total. The molecule has 0 fully saturated rings. The first kappa shape index (κ1) is 19.8. The van der Waals surface area contributed by atoms with Crippen molar-refractivity contribution in [1.82, 2.24) is 5.32 Å². The number of methoxy groups -OCH3 is 1.